The quantitative estimate of drug-likeness (QED) is 0.749. The third kappa shape index (κ3) is 1.57. The average Bonchev–Trinajstić information content (AvgIpc) is 2.79. The molecule has 2 saturated carbocycles. The van der Waals surface area contributed by atoms with Crippen LogP contribution in [-0.2, 0) is 9.59 Å². The number of benzene rings is 1. The van der Waals surface area contributed by atoms with E-state index in [1.54, 1.807) is 11.9 Å². The normalized spacial score (nSPS) is 35.7. The van der Waals surface area contributed by atoms with Crippen LogP contribution < -0.4 is 4.90 Å². The second kappa shape index (κ2) is 4.67. The molecule has 3 atom stereocenters. The molecule has 0 spiro atoms. The summed E-state index contributed by atoms with van der Waals surface area (Å²) in [5.74, 6) is 0.221. The average molecular weight is 364 g/mol. The van der Waals surface area contributed by atoms with Gasteiger partial charge < -0.3 is 4.90 Å². The second-order valence-electron chi connectivity index (χ2n) is 7.35. The van der Waals surface area contributed by atoms with Crippen LogP contribution in [0.15, 0.2) is 30.3 Å². The van der Waals surface area contributed by atoms with Crippen molar-refractivity contribution < 1.29 is 9.59 Å². The van der Waals surface area contributed by atoms with E-state index in [0.717, 1.165) is 18.5 Å². The zero-order chi connectivity index (χ0) is 16.3. The van der Waals surface area contributed by atoms with Gasteiger partial charge >= 0.3 is 0 Å². The summed E-state index contributed by atoms with van der Waals surface area (Å²) >= 11 is 3.57. The third-order valence-corrected chi connectivity index (χ3v) is 7.75. The number of para-hydroxylation sites is 1. The molecule has 118 valence electrons. The van der Waals surface area contributed by atoms with Crippen molar-refractivity contribution in [2.75, 3.05) is 11.9 Å². The molecule has 2 bridgehead atoms. The predicted octanol–water partition coefficient (Wildman–Crippen LogP) is 3.81. The molecule has 2 aliphatic rings. The molecule has 0 aromatic heterocycles. The van der Waals surface area contributed by atoms with Gasteiger partial charge in [-0.25, -0.2) is 0 Å². The van der Waals surface area contributed by atoms with E-state index >= 15 is 0 Å². The van der Waals surface area contributed by atoms with Crippen molar-refractivity contribution in [1.29, 1.82) is 0 Å². The van der Waals surface area contributed by atoms with Gasteiger partial charge in [-0.05, 0) is 30.4 Å². The van der Waals surface area contributed by atoms with Crippen LogP contribution in [0.2, 0.25) is 0 Å². The molecular weight excluding hydrogens is 342 g/mol. The minimum Gasteiger partial charge on any atom is -0.315 e. The summed E-state index contributed by atoms with van der Waals surface area (Å²) in [6.07, 6.45) is 1.55. The first-order valence-electron chi connectivity index (χ1n) is 7.72. The lowest BCUT2D eigenvalue weighted by Gasteiger charge is -2.41. The number of nitrogens with zero attached hydrogens (tertiary/aromatic N) is 1. The van der Waals surface area contributed by atoms with E-state index in [0.29, 0.717) is 0 Å². The molecule has 2 aliphatic carbocycles. The highest BCUT2D eigenvalue weighted by Crippen LogP contribution is 2.72. The molecular formula is C18H22BrNO2. The van der Waals surface area contributed by atoms with Gasteiger partial charge in [0.2, 0.25) is 5.91 Å². The van der Waals surface area contributed by atoms with Gasteiger partial charge in [-0.1, -0.05) is 54.9 Å². The number of hydrogen-bond donors (Lipinski definition) is 0. The Morgan fingerprint density at radius 3 is 2.27 bits per heavy atom. The molecule has 0 unspecified atom stereocenters. The fourth-order valence-electron chi connectivity index (χ4n) is 4.49. The number of ketones is 1. The fourth-order valence-corrected chi connectivity index (χ4v) is 6.00. The molecule has 0 heterocycles. The topological polar surface area (TPSA) is 37.4 Å². The zero-order valence-corrected chi connectivity index (χ0v) is 15.1. The number of carbonyl (C=O) groups excluding carboxylic acids is 2. The lowest BCUT2D eigenvalue weighted by molar-refractivity contribution is -0.132. The summed E-state index contributed by atoms with van der Waals surface area (Å²) < 4.78 is 0. The van der Waals surface area contributed by atoms with Crippen LogP contribution in [0.25, 0.3) is 0 Å². The first kappa shape index (κ1) is 15.7. The number of halogens is 1. The summed E-state index contributed by atoms with van der Waals surface area (Å²) in [6, 6.07) is 9.63. The number of hydrogen-bond acceptors (Lipinski definition) is 2. The van der Waals surface area contributed by atoms with Gasteiger partial charge in [0, 0.05) is 18.2 Å². The fraction of sp³-hybridized carbons (Fsp3) is 0.556. The lowest BCUT2D eigenvalue weighted by Crippen LogP contribution is -2.51. The molecule has 3 rings (SSSR count). The highest BCUT2D eigenvalue weighted by Gasteiger charge is 2.77. The van der Waals surface area contributed by atoms with Crippen molar-refractivity contribution in [2.45, 2.75) is 38.4 Å². The zero-order valence-electron chi connectivity index (χ0n) is 13.5. The van der Waals surface area contributed by atoms with Crippen LogP contribution in [0.5, 0.6) is 0 Å². The van der Waals surface area contributed by atoms with E-state index in [-0.39, 0.29) is 17.1 Å². The number of Topliss-reactive ketones (excluding diaryl/α,β-unsaturated/α-hetero) is 1. The number of carbonyl (C=O) groups is 2. The second-order valence-corrected chi connectivity index (χ2v) is 8.27. The first-order valence-corrected chi connectivity index (χ1v) is 8.63. The summed E-state index contributed by atoms with van der Waals surface area (Å²) in [6.45, 7) is 6.18. The first-order chi connectivity index (χ1) is 10.2. The number of alkyl halides is 1. The maximum absolute atomic E-state index is 13.4. The molecule has 0 saturated heterocycles. The van der Waals surface area contributed by atoms with Crippen molar-refractivity contribution >= 4 is 33.3 Å². The molecule has 2 fully saturated rings. The van der Waals surface area contributed by atoms with Crippen molar-refractivity contribution in [3.63, 3.8) is 0 Å². The van der Waals surface area contributed by atoms with Gasteiger partial charge in [0.1, 0.15) is 0 Å². The maximum Gasteiger partial charge on any atom is 0.235 e. The van der Waals surface area contributed by atoms with E-state index in [4.69, 9.17) is 0 Å². The van der Waals surface area contributed by atoms with Crippen molar-refractivity contribution in [3.05, 3.63) is 30.3 Å². The van der Waals surface area contributed by atoms with E-state index in [1.807, 2.05) is 37.3 Å². The van der Waals surface area contributed by atoms with Crippen LogP contribution in [-0.4, -0.2) is 23.6 Å². The molecule has 1 aromatic rings. The van der Waals surface area contributed by atoms with E-state index < -0.39 is 15.7 Å². The van der Waals surface area contributed by atoms with Gasteiger partial charge in [0.05, 0.1) is 10.2 Å². The van der Waals surface area contributed by atoms with Crippen molar-refractivity contribution in [1.82, 2.24) is 0 Å². The molecule has 0 aliphatic heterocycles. The predicted molar refractivity (Wildman–Crippen MR) is 91.1 cm³/mol. The molecule has 0 N–H and O–H groups in total. The highest BCUT2D eigenvalue weighted by atomic mass is 79.9. The van der Waals surface area contributed by atoms with Crippen LogP contribution in [0.1, 0.15) is 33.6 Å². The Morgan fingerprint density at radius 1 is 1.18 bits per heavy atom. The highest BCUT2D eigenvalue weighted by molar-refractivity contribution is 9.10. The molecule has 4 heteroatoms. The summed E-state index contributed by atoms with van der Waals surface area (Å²) in [5, 5.41) is 0. The van der Waals surface area contributed by atoms with Gasteiger partial charge in [0.25, 0.3) is 0 Å². The number of fused-ring (bicyclic) bond motifs is 2. The van der Waals surface area contributed by atoms with Crippen LogP contribution >= 0.6 is 15.9 Å². The van der Waals surface area contributed by atoms with Crippen LogP contribution in [0.3, 0.4) is 0 Å². The summed E-state index contributed by atoms with van der Waals surface area (Å²) in [4.78, 5) is 27.5. The Balaban J connectivity index is 2.07. The molecule has 1 aromatic carbocycles. The Labute approximate surface area is 140 Å². The maximum atomic E-state index is 13.4. The van der Waals surface area contributed by atoms with Crippen LogP contribution in [0, 0.1) is 16.2 Å². The smallest absolute Gasteiger partial charge is 0.235 e. The SMILES string of the molecule is CN(C(=O)[C@@]12CC[C@](C)(C(=O)[C@H]1Br)C2(C)C)c1ccccc1. The number of amides is 1. The largest absolute Gasteiger partial charge is 0.315 e. The molecule has 22 heavy (non-hydrogen) atoms. The molecule has 1 amide bonds. The Hall–Kier alpha value is -1.16. The third-order valence-electron chi connectivity index (χ3n) is 6.55. The van der Waals surface area contributed by atoms with Gasteiger partial charge in [-0.15, -0.1) is 0 Å². The lowest BCUT2D eigenvalue weighted by atomic mass is 9.64. The van der Waals surface area contributed by atoms with E-state index in [1.165, 1.54) is 0 Å². The van der Waals surface area contributed by atoms with Gasteiger partial charge in [-0.3, -0.25) is 9.59 Å². The van der Waals surface area contributed by atoms with Crippen molar-refractivity contribution in [3.8, 4) is 0 Å². The van der Waals surface area contributed by atoms with Crippen LogP contribution in [0.4, 0.5) is 5.69 Å². The minimum absolute atomic E-state index is 0.0418. The number of anilines is 1. The van der Waals surface area contributed by atoms with E-state index in [2.05, 4.69) is 29.8 Å². The van der Waals surface area contributed by atoms with Gasteiger partial charge in [-0.2, -0.15) is 0 Å². The molecule has 3 nitrogen and oxygen atoms in total. The summed E-state index contributed by atoms with van der Waals surface area (Å²) in [5.41, 5.74) is -0.575. The van der Waals surface area contributed by atoms with Gasteiger partial charge in [0.15, 0.2) is 5.78 Å². The summed E-state index contributed by atoms with van der Waals surface area (Å²) in [7, 11) is 1.81. The number of rotatable bonds is 2. The Kier molecular flexibility index (Phi) is 3.34. The Morgan fingerprint density at radius 2 is 1.77 bits per heavy atom. The Bertz CT molecular complexity index is 642. The van der Waals surface area contributed by atoms with E-state index in [9.17, 15) is 9.59 Å². The standard InChI is InChI=1S/C18H22BrNO2/c1-16(2)17(3)10-11-18(16,13(19)14(17)21)15(22)20(4)12-8-6-5-7-9-12/h5-9,13H,10-11H2,1-4H3/t13-,17-,18-/m1/s1. The molecule has 0 radical (unpaired) electrons. The minimum atomic E-state index is -0.663. The van der Waals surface area contributed by atoms with Crippen molar-refractivity contribution in [2.24, 2.45) is 16.2 Å². The monoisotopic (exact) mass is 363 g/mol.